The van der Waals surface area contributed by atoms with Crippen molar-refractivity contribution in [3.8, 4) is 0 Å². The standard InChI is InChI=1S/C69H114O12/c1-4-7-10-13-16-19-22-25-28-30-31-33-36-39-42-45-48-51-54-57-63(72)80-67-65(74)64(73)66(68(75)76)81-69(67)78-59-60(79-62(71)56-53-50-47-44-41-38-34-27-24-21-18-15-12-9-6-3)58-77-61(70)55-52-49-46-43-40-37-35-32-29-26-23-20-17-14-11-8-5-2/h8,11,16-17,19-20,25-29,34-35,37,43,46,60,64-67,69,73-74H,4-7,9-10,12-15,18,21-24,30-33,36,38-42,44-45,47-59H2,1-3H3,(H,75,76)/b11-8-,19-16-,20-17-,28-25-,29-26-,34-27-,37-35-,46-43-. The van der Waals surface area contributed by atoms with Gasteiger partial charge in [-0.3, -0.25) is 14.4 Å². The molecular weight excluding hydrogens is 1020 g/mol. The first-order valence-corrected chi connectivity index (χ1v) is 32.2. The van der Waals surface area contributed by atoms with E-state index in [4.69, 9.17) is 23.7 Å². The van der Waals surface area contributed by atoms with Gasteiger partial charge in [-0.15, -0.1) is 0 Å². The zero-order valence-electron chi connectivity index (χ0n) is 51.0. The minimum Gasteiger partial charge on any atom is -0.479 e. The minimum atomic E-state index is -1.92. The molecule has 6 unspecified atom stereocenters. The van der Waals surface area contributed by atoms with Crippen LogP contribution in [0.1, 0.15) is 265 Å². The first-order valence-electron chi connectivity index (χ1n) is 32.2. The van der Waals surface area contributed by atoms with Gasteiger partial charge in [-0.1, -0.05) is 227 Å². The second kappa shape index (κ2) is 56.1. The fourth-order valence-corrected chi connectivity index (χ4v) is 9.19. The van der Waals surface area contributed by atoms with Gasteiger partial charge in [-0.05, 0) is 116 Å². The summed E-state index contributed by atoms with van der Waals surface area (Å²) in [5, 5.41) is 31.6. The van der Waals surface area contributed by atoms with Crippen molar-refractivity contribution in [3.63, 3.8) is 0 Å². The number of rotatable bonds is 54. The molecule has 462 valence electrons. The summed E-state index contributed by atoms with van der Waals surface area (Å²) >= 11 is 0. The third-order valence-electron chi connectivity index (χ3n) is 14.1. The van der Waals surface area contributed by atoms with E-state index in [1.807, 2.05) is 6.08 Å². The van der Waals surface area contributed by atoms with Crippen LogP contribution in [0.4, 0.5) is 0 Å². The third kappa shape index (κ3) is 45.8. The number of allylic oxidation sites excluding steroid dienone is 16. The van der Waals surface area contributed by atoms with Gasteiger partial charge in [0.15, 0.2) is 24.6 Å². The lowest BCUT2D eigenvalue weighted by molar-refractivity contribution is -0.301. The first kappa shape index (κ1) is 74.7. The Labute approximate surface area is 492 Å². The number of carbonyl (C=O) groups excluding carboxylic acids is 3. The van der Waals surface area contributed by atoms with Crippen LogP contribution in [0.2, 0.25) is 0 Å². The van der Waals surface area contributed by atoms with Crippen molar-refractivity contribution in [1.82, 2.24) is 0 Å². The highest BCUT2D eigenvalue weighted by Crippen LogP contribution is 2.26. The molecule has 1 heterocycles. The van der Waals surface area contributed by atoms with E-state index in [9.17, 15) is 34.5 Å². The van der Waals surface area contributed by atoms with Gasteiger partial charge < -0.3 is 39.0 Å². The number of ether oxygens (including phenoxy) is 5. The van der Waals surface area contributed by atoms with E-state index in [0.717, 1.165) is 109 Å². The lowest BCUT2D eigenvalue weighted by Crippen LogP contribution is -2.61. The lowest BCUT2D eigenvalue weighted by Gasteiger charge is -2.40. The summed E-state index contributed by atoms with van der Waals surface area (Å²) in [6.45, 7) is 5.81. The lowest BCUT2D eigenvalue weighted by atomic mass is 9.98. The number of aliphatic hydroxyl groups is 2. The van der Waals surface area contributed by atoms with Crippen LogP contribution in [0.3, 0.4) is 0 Å². The molecule has 1 fully saturated rings. The van der Waals surface area contributed by atoms with Gasteiger partial charge in [0.05, 0.1) is 6.61 Å². The molecule has 0 aromatic rings. The number of carboxylic acid groups (broad SMARTS) is 1. The zero-order valence-corrected chi connectivity index (χ0v) is 51.0. The predicted octanol–water partition coefficient (Wildman–Crippen LogP) is 17.2. The molecule has 1 rings (SSSR count). The van der Waals surface area contributed by atoms with Crippen molar-refractivity contribution in [2.45, 2.75) is 302 Å². The van der Waals surface area contributed by atoms with Gasteiger partial charge in [0, 0.05) is 19.3 Å². The maximum atomic E-state index is 13.2. The average molecular weight is 1140 g/mol. The fourth-order valence-electron chi connectivity index (χ4n) is 9.19. The van der Waals surface area contributed by atoms with Crippen LogP contribution in [-0.2, 0) is 42.9 Å². The van der Waals surface area contributed by atoms with Gasteiger partial charge in [0.2, 0.25) is 0 Å². The molecule has 0 saturated carbocycles. The Morgan fingerprint density at radius 1 is 0.420 bits per heavy atom. The van der Waals surface area contributed by atoms with E-state index in [1.54, 1.807) is 0 Å². The summed E-state index contributed by atoms with van der Waals surface area (Å²) < 4.78 is 28.5. The molecule has 0 bridgehead atoms. The number of carboxylic acids is 1. The maximum Gasteiger partial charge on any atom is 0.335 e. The Kier molecular flexibility index (Phi) is 51.7. The Bertz CT molecular complexity index is 1780. The molecule has 6 atom stereocenters. The Balaban J connectivity index is 2.70. The molecule has 12 nitrogen and oxygen atoms in total. The highest BCUT2D eigenvalue weighted by atomic mass is 16.7. The van der Waals surface area contributed by atoms with Crippen LogP contribution < -0.4 is 0 Å². The van der Waals surface area contributed by atoms with Gasteiger partial charge >= 0.3 is 23.9 Å². The summed E-state index contributed by atoms with van der Waals surface area (Å²) in [7, 11) is 0. The molecule has 0 aromatic heterocycles. The van der Waals surface area contributed by atoms with E-state index in [-0.39, 0.29) is 25.9 Å². The molecule has 0 aromatic carbocycles. The van der Waals surface area contributed by atoms with Crippen molar-refractivity contribution >= 4 is 23.9 Å². The molecule has 0 aliphatic carbocycles. The van der Waals surface area contributed by atoms with Crippen LogP contribution in [0.5, 0.6) is 0 Å². The molecule has 0 amide bonds. The number of unbranched alkanes of at least 4 members (excludes halogenated alkanes) is 24. The van der Waals surface area contributed by atoms with Crippen LogP contribution >= 0.6 is 0 Å². The van der Waals surface area contributed by atoms with E-state index < -0.39 is 67.3 Å². The molecule has 81 heavy (non-hydrogen) atoms. The molecule has 12 heteroatoms. The van der Waals surface area contributed by atoms with E-state index in [2.05, 4.69) is 112 Å². The number of esters is 3. The van der Waals surface area contributed by atoms with Crippen molar-refractivity contribution in [2.24, 2.45) is 0 Å². The summed E-state index contributed by atoms with van der Waals surface area (Å²) in [5.41, 5.74) is 0. The van der Waals surface area contributed by atoms with E-state index in [0.29, 0.717) is 25.7 Å². The minimum absolute atomic E-state index is 0.0458. The molecule has 1 saturated heterocycles. The second-order valence-corrected chi connectivity index (χ2v) is 21.7. The Morgan fingerprint density at radius 2 is 0.790 bits per heavy atom. The zero-order chi connectivity index (χ0) is 58.9. The fraction of sp³-hybridized carbons (Fsp3) is 0.710. The van der Waals surface area contributed by atoms with Crippen molar-refractivity contribution in [3.05, 3.63) is 97.2 Å². The number of aliphatic carboxylic acids is 1. The van der Waals surface area contributed by atoms with Gasteiger partial charge in [0.25, 0.3) is 0 Å². The van der Waals surface area contributed by atoms with Crippen LogP contribution in [0, 0.1) is 0 Å². The number of hydrogen-bond donors (Lipinski definition) is 3. The summed E-state index contributed by atoms with van der Waals surface area (Å²) in [6, 6.07) is 0. The summed E-state index contributed by atoms with van der Waals surface area (Å²) in [6.07, 6.45) is 62.2. The quantitative estimate of drug-likeness (QED) is 0.0228. The highest BCUT2D eigenvalue weighted by molar-refractivity contribution is 5.74. The second-order valence-electron chi connectivity index (χ2n) is 21.7. The molecule has 1 aliphatic rings. The molecular formula is C69H114O12. The smallest absolute Gasteiger partial charge is 0.335 e. The Hall–Kier alpha value is -4.36. The molecule has 3 N–H and O–H groups in total. The normalized spacial score (nSPS) is 18.4. The monoisotopic (exact) mass is 1130 g/mol. The average Bonchev–Trinajstić information content (AvgIpc) is 3.53. The van der Waals surface area contributed by atoms with Crippen molar-refractivity contribution < 1.29 is 58.2 Å². The molecule has 1 aliphatic heterocycles. The molecule has 0 spiro atoms. The van der Waals surface area contributed by atoms with E-state index >= 15 is 0 Å². The van der Waals surface area contributed by atoms with Crippen molar-refractivity contribution in [2.75, 3.05) is 13.2 Å². The predicted molar refractivity (Wildman–Crippen MR) is 331 cm³/mol. The number of hydrogen-bond acceptors (Lipinski definition) is 11. The van der Waals surface area contributed by atoms with Crippen molar-refractivity contribution in [1.29, 1.82) is 0 Å². The van der Waals surface area contributed by atoms with Gasteiger partial charge in [0.1, 0.15) is 18.8 Å². The number of aliphatic hydroxyl groups excluding tert-OH is 2. The van der Waals surface area contributed by atoms with Crippen LogP contribution in [0.15, 0.2) is 97.2 Å². The van der Waals surface area contributed by atoms with Crippen LogP contribution in [-0.4, -0.2) is 89.2 Å². The van der Waals surface area contributed by atoms with Gasteiger partial charge in [-0.25, -0.2) is 4.79 Å². The number of carbonyl (C=O) groups is 4. The topological polar surface area (TPSA) is 175 Å². The van der Waals surface area contributed by atoms with Crippen LogP contribution in [0.25, 0.3) is 0 Å². The largest absolute Gasteiger partial charge is 0.479 e. The third-order valence-corrected chi connectivity index (χ3v) is 14.1. The summed E-state index contributed by atoms with van der Waals surface area (Å²) in [5.74, 6) is -3.21. The first-order chi connectivity index (χ1) is 39.6. The summed E-state index contributed by atoms with van der Waals surface area (Å²) in [4.78, 5) is 51.3. The Morgan fingerprint density at radius 3 is 1.26 bits per heavy atom. The van der Waals surface area contributed by atoms with E-state index in [1.165, 1.54) is 89.9 Å². The van der Waals surface area contributed by atoms with Gasteiger partial charge in [-0.2, -0.15) is 0 Å². The SMILES string of the molecule is CC/C=C\C/C=C\C/C=C\C/C=C\C/C=C\CCCC(=O)OCC(COC1OC(C(=O)O)C(O)C(O)C1OC(=O)CCCCCCCCCCC/C=C\C/C=C\CCCCC)OC(=O)CCCCCCC/C=C\CCCCCCCC. The highest BCUT2D eigenvalue weighted by Gasteiger charge is 2.50. The maximum absolute atomic E-state index is 13.2. The molecule has 0 radical (unpaired) electrons.